The van der Waals surface area contributed by atoms with E-state index in [1.807, 2.05) is 13.0 Å². The SMILES string of the molecule is C=CCc1c(O)c(Br)cc2c1c(C(=O)OCC)c(C)n2CCCC. The third-order valence-electron chi connectivity index (χ3n) is 4.20. The fraction of sp³-hybridized carbons (Fsp3) is 0.421. The highest BCUT2D eigenvalue weighted by Crippen LogP contribution is 2.39. The van der Waals surface area contributed by atoms with Crippen LogP contribution in [-0.2, 0) is 17.7 Å². The second-order valence-electron chi connectivity index (χ2n) is 5.76. The van der Waals surface area contributed by atoms with Crippen LogP contribution >= 0.6 is 15.9 Å². The van der Waals surface area contributed by atoms with E-state index < -0.39 is 0 Å². The number of aromatic hydroxyl groups is 1. The Morgan fingerprint density at radius 3 is 2.75 bits per heavy atom. The Morgan fingerprint density at radius 1 is 1.46 bits per heavy atom. The number of aromatic nitrogens is 1. The number of allylic oxidation sites excluding steroid dienone is 1. The van der Waals surface area contributed by atoms with E-state index in [2.05, 4.69) is 34.0 Å². The molecule has 0 saturated carbocycles. The molecule has 1 N–H and O–H groups in total. The monoisotopic (exact) mass is 393 g/mol. The van der Waals surface area contributed by atoms with Gasteiger partial charge in [-0.1, -0.05) is 19.4 Å². The Labute approximate surface area is 151 Å². The van der Waals surface area contributed by atoms with E-state index in [0.29, 0.717) is 28.6 Å². The van der Waals surface area contributed by atoms with Crippen molar-refractivity contribution in [3.05, 3.63) is 40.0 Å². The molecule has 0 aliphatic rings. The zero-order valence-corrected chi connectivity index (χ0v) is 16.1. The quantitative estimate of drug-likeness (QED) is 0.524. The van der Waals surface area contributed by atoms with Gasteiger partial charge >= 0.3 is 5.97 Å². The maximum Gasteiger partial charge on any atom is 0.340 e. The van der Waals surface area contributed by atoms with Gasteiger partial charge in [0.1, 0.15) is 5.75 Å². The zero-order chi connectivity index (χ0) is 17.9. The highest BCUT2D eigenvalue weighted by molar-refractivity contribution is 9.10. The van der Waals surface area contributed by atoms with Gasteiger partial charge in [0.05, 0.1) is 22.2 Å². The van der Waals surface area contributed by atoms with Crippen molar-refractivity contribution in [2.45, 2.75) is 46.6 Å². The summed E-state index contributed by atoms with van der Waals surface area (Å²) in [5, 5.41) is 11.2. The number of hydrogen-bond donors (Lipinski definition) is 1. The molecule has 0 unspecified atom stereocenters. The minimum absolute atomic E-state index is 0.153. The van der Waals surface area contributed by atoms with E-state index in [4.69, 9.17) is 4.74 Å². The van der Waals surface area contributed by atoms with Crippen molar-refractivity contribution in [3.8, 4) is 5.75 Å². The minimum atomic E-state index is -0.345. The summed E-state index contributed by atoms with van der Waals surface area (Å²) in [6.45, 7) is 10.8. The predicted octanol–water partition coefficient (Wildman–Crippen LogP) is 5.12. The number of fused-ring (bicyclic) bond motifs is 1. The van der Waals surface area contributed by atoms with Crippen molar-refractivity contribution in [2.75, 3.05) is 6.61 Å². The largest absolute Gasteiger partial charge is 0.506 e. The number of rotatable bonds is 7. The van der Waals surface area contributed by atoms with Crippen molar-refractivity contribution in [3.63, 3.8) is 0 Å². The van der Waals surface area contributed by atoms with Crippen molar-refractivity contribution in [1.29, 1.82) is 0 Å². The number of aryl methyl sites for hydroxylation is 1. The molecule has 1 heterocycles. The van der Waals surface area contributed by atoms with Crippen molar-refractivity contribution < 1.29 is 14.6 Å². The summed E-state index contributed by atoms with van der Waals surface area (Å²) in [7, 11) is 0. The van der Waals surface area contributed by atoms with Crippen LogP contribution in [0, 0.1) is 6.92 Å². The van der Waals surface area contributed by atoms with Gasteiger partial charge in [-0.15, -0.1) is 6.58 Å². The van der Waals surface area contributed by atoms with Gasteiger partial charge in [-0.05, 0) is 48.7 Å². The van der Waals surface area contributed by atoms with E-state index in [-0.39, 0.29) is 11.7 Å². The normalized spacial score (nSPS) is 11.0. The summed E-state index contributed by atoms with van der Waals surface area (Å²) in [5.74, 6) is -0.192. The molecule has 130 valence electrons. The third-order valence-corrected chi connectivity index (χ3v) is 4.81. The van der Waals surface area contributed by atoms with Crippen LogP contribution in [-0.4, -0.2) is 22.2 Å². The average molecular weight is 394 g/mol. The van der Waals surface area contributed by atoms with Crippen molar-refractivity contribution in [2.24, 2.45) is 0 Å². The molecule has 0 aliphatic carbocycles. The first kappa shape index (κ1) is 18.6. The zero-order valence-electron chi connectivity index (χ0n) is 14.5. The van der Waals surface area contributed by atoms with E-state index in [0.717, 1.165) is 36.0 Å². The predicted molar refractivity (Wildman–Crippen MR) is 101 cm³/mol. The molecule has 0 atom stereocenters. The van der Waals surface area contributed by atoms with Crippen LogP contribution in [0.1, 0.15) is 48.3 Å². The van der Waals surface area contributed by atoms with Crippen LogP contribution in [0.5, 0.6) is 5.75 Å². The summed E-state index contributed by atoms with van der Waals surface area (Å²) >= 11 is 3.43. The molecule has 0 fully saturated rings. The first-order valence-corrected chi connectivity index (χ1v) is 9.08. The highest BCUT2D eigenvalue weighted by atomic mass is 79.9. The van der Waals surface area contributed by atoms with Gasteiger partial charge in [-0.3, -0.25) is 0 Å². The van der Waals surface area contributed by atoms with Gasteiger partial charge in [0.25, 0.3) is 0 Å². The summed E-state index contributed by atoms with van der Waals surface area (Å²) in [4.78, 5) is 12.6. The molecule has 24 heavy (non-hydrogen) atoms. The number of unbranched alkanes of at least 4 members (excludes halogenated alkanes) is 1. The molecular weight excluding hydrogens is 370 g/mol. The van der Waals surface area contributed by atoms with Gasteiger partial charge in [0.2, 0.25) is 0 Å². The maximum absolute atomic E-state index is 12.6. The molecule has 0 spiro atoms. The van der Waals surface area contributed by atoms with E-state index in [9.17, 15) is 9.90 Å². The Bertz CT molecular complexity index is 777. The van der Waals surface area contributed by atoms with Crippen LogP contribution in [0.15, 0.2) is 23.2 Å². The van der Waals surface area contributed by atoms with Gasteiger partial charge in [0.15, 0.2) is 0 Å². The highest BCUT2D eigenvalue weighted by Gasteiger charge is 2.25. The molecule has 5 heteroatoms. The number of carbonyl (C=O) groups is 1. The summed E-state index contributed by atoms with van der Waals surface area (Å²) in [6, 6.07) is 1.88. The average Bonchev–Trinajstić information content (AvgIpc) is 2.81. The fourth-order valence-electron chi connectivity index (χ4n) is 3.07. The molecule has 4 nitrogen and oxygen atoms in total. The van der Waals surface area contributed by atoms with E-state index in [1.165, 1.54) is 0 Å². The second kappa shape index (κ2) is 7.88. The molecular formula is C19H24BrNO3. The van der Waals surface area contributed by atoms with Crippen LogP contribution in [0.25, 0.3) is 10.9 Å². The number of nitrogens with zero attached hydrogens (tertiary/aromatic N) is 1. The molecule has 1 aromatic heterocycles. The van der Waals surface area contributed by atoms with Crippen LogP contribution in [0.2, 0.25) is 0 Å². The van der Waals surface area contributed by atoms with E-state index >= 15 is 0 Å². The standard InChI is InChI=1S/C19H24BrNO3/c1-5-8-10-21-12(4)16(19(23)24-7-3)17-13(9-6-2)18(22)14(20)11-15(17)21/h6,11,22H,2,5,7-10H2,1,3-4H3. The number of carbonyl (C=O) groups excluding carboxylic acids is 1. The molecule has 0 bridgehead atoms. The third kappa shape index (κ3) is 3.22. The van der Waals surface area contributed by atoms with Crippen molar-refractivity contribution >= 4 is 32.8 Å². The Balaban J connectivity index is 2.86. The molecule has 0 radical (unpaired) electrons. The number of esters is 1. The lowest BCUT2D eigenvalue weighted by molar-refractivity contribution is 0.0527. The summed E-state index contributed by atoms with van der Waals surface area (Å²) in [6.07, 6.45) is 4.29. The Hall–Kier alpha value is -1.75. The number of ether oxygens (including phenoxy) is 1. The first-order valence-electron chi connectivity index (χ1n) is 8.28. The smallest absolute Gasteiger partial charge is 0.340 e. The summed E-state index contributed by atoms with van der Waals surface area (Å²) < 4.78 is 8.03. The van der Waals surface area contributed by atoms with E-state index in [1.54, 1.807) is 13.0 Å². The maximum atomic E-state index is 12.6. The fourth-order valence-corrected chi connectivity index (χ4v) is 3.52. The number of halogens is 1. The summed E-state index contributed by atoms with van der Waals surface area (Å²) in [5.41, 5.74) is 3.06. The van der Waals surface area contributed by atoms with Gasteiger partial charge in [0, 0.05) is 23.2 Å². The molecule has 0 amide bonds. The van der Waals surface area contributed by atoms with Crippen LogP contribution in [0.4, 0.5) is 0 Å². The number of hydrogen-bond acceptors (Lipinski definition) is 3. The molecule has 0 saturated heterocycles. The molecule has 2 aromatic rings. The lowest BCUT2D eigenvalue weighted by Gasteiger charge is -2.10. The minimum Gasteiger partial charge on any atom is -0.506 e. The lowest BCUT2D eigenvalue weighted by Crippen LogP contribution is -2.08. The molecule has 0 aliphatic heterocycles. The topological polar surface area (TPSA) is 51.5 Å². The van der Waals surface area contributed by atoms with Gasteiger partial charge in [-0.25, -0.2) is 4.79 Å². The van der Waals surface area contributed by atoms with Crippen LogP contribution in [0.3, 0.4) is 0 Å². The first-order chi connectivity index (χ1) is 11.5. The number of benzene rings is 1. The second-order valence-corrected chi connectivity index (χ2v) is 6.61. The van der Waals surface area contributed by atoms with Gasteiger partial charge < -0.3 is 14.4 Å². The van der Waals surface area contributed by atoms with Crippen LogP contribution < -0.4 is 0 Å². The Kier molecular flexibility index (Phi) is 6.10. The molecule has 2 rings (SSSR count). The number of phenols is 1. The Morgan fingerprint density at radius 2 is 2.17 bits per heavy atom. The van der Waals surface area contributed by atoms with Crippen molar-refractivity contribution in [1.82, 2.24) is 4.57 Å². The molecule has 1 aromatic carbocycles. The number of phenolic OH excluding ortho intramolecular Hbond substituents is 1. The van der Waals surface area contributed by atoms with Gasteiger partial charge in [-0.2, -0.15) is 0 Å². The lowest BCUT2D eigenvalue weighted by atomic mass is 10.0.